The highest BCUT2D eigenvalue weighted by atomic mass is 35.5. The van der Waals surface area contributed by atoms with Crippen molar-refractivity contribution >= 4 is 17.6 Å². The number of benzene rings is 1. The molecule has 1 aromatic carbocycles. The van der Waals surface area contributed by atoms with E-state index in [-0.39, 0.29) is 6.03 Å². The first kappa shape index (κ1) is 20.0. The van der Waals surface area contributed by atoms with E-state index in [2.05, 4.69) is 29.4 Å². The van der Waals surface area contributed by atoms with Crippen molar-refractivity contribution in [1.29, 1.82) is 0 Å². The molecule has 0 bridgehead atoms. The number of amides is 2. The first-order chi connectivity index (χ1) is 12.1. The molecule has 0 aromatic heterocycles. The minimum absolute atomic E-state index is 0.126. The minimum Gasteiger partial charge on any atom is -0.379 e. The summed E-state index contributed by atoms with van der Waals surface area (Å²) in [6.45, 7) is 9.04. The van der Waals surface area contributed by atoms with Gasteiger partial charge in [-0.15, -0.1) is 0 Å². The molecule has 2 N–H and O–H groups in total. The van der Waals surface area contributed by atoms with Crippen LogP contribution in [0, 0.1) is 5.92 Å². The number of morpholine rings is 1. The highest BCUT2D eigenvalue weighted by molar-refractivity contribution is 6.30. The summed E-state index contributed by atoms with van der Waals surface area (Å²) in [5.74, 6) is 0.578. The maximum atomic E-state index is 12.2. The highest BCUT2D eigenvalue weighted by Gasteiger charge is 2.27. The lowest BCUT2D eigenvalue weighted by Gasteiger charge is -2.38. The van der Waals surface area contributed by atoms with Crippen molar-refractivity contribution in [3.8, 4) is 0 Å². The number of hydrogen-bond acceptors (Lipinski definition) is 3. The van der Waals surface area contributed by atoms with Gasteiger partial charge in [0.05, 0.1) is 13.2 Å². The summed E-state index contributed by atoms with van der Waals surface area (Å²) in [5, 5.41) is 6.67. The molecule has 5 nitrogen and oxygen atoms in total. The van der Waals surface area contributed by atoms with Crippen molar-refractivity contribution in [2.24, 2.45) is 5.92 Å². The van der Waals surface area contributed by atoms with Gasteiger partial charge in [0.2, 0.25) is 0 Å². The Hall–Kier alpha value is -1.30. The highest BCUT2D eigenvalue weighted by Crippen LogP contribution is 2.19. The predicted octanol–water partition coefficient (Wildman–Crippen LogP) is 3.28. The molecule has 1 saturated heterocycles. The molecule has 1 aromatic rings. The standard InChI is InChI=1S/C19H30ClN3O2/c1-3-16(4-2)18(23-9-11-25-12-10-23)14-22-19(24)21-13-15-5-7-17(20)8-6-15/h5-8,16,18H,3-4,9-14H2,1-2H3,(H2,21,22,24). The van der Waals surface area contributed by atoms with E-state index in [9.17, 15) is 4.79 Å². The summed E-state index contributed by atoms with van der Waals surface area (Å²) in [6, 6.07) is 7.74. The molecule has 0 radical (unpaired) electrons. The van der Waals surface area contributed by atoms with Crippen molar-refractivity contribution in [1.82, 2.24) is 15.5 Å². The number of hydrogen-bond donors (Lipinski definition) is 2. The van der Waals surface area contributed by atoms with E-state index in [0.717, 1.165) is 44.7 Å². The molecule has 1 heterocycles. The lowest BCUT2D eigenvalue weighted by molar-refractivity contribution is 0.00237. The first-order valence-electron chi connectivity index (χ1n) is 9.22. The average molecular weight is 368 g/mol. The molecule has 0 aliphatic carbocycles. The predicted molar refractivity (Wildman–Crippen MR) is 102 cm³/mol. The summed E-state index contributed by atoms with van der Waals surface area (Å²) in [6.07, 6.45) is 2.24. The summed E-state index contributed by atoms with van der Waals surface area (Å²) in [5.41, 5.74) is 1.03. The van der Waals surface area contributed by atoms with Gasteiger partial charge < -0.3 is 15.4 Å². The molecule has 140 valence electrons. The van der Waals surface area contributed by atoms with Crippen LogP contribution in [0.2, 0.25) is 5.02 Å². The average Bonchev–Trinajstić information content (AvgIpc) is 2.65. The van der Waals surface area contributed by atoms with Crippen LogP contribution in [0.25, 0.3) is 0 Å². The van der Waals surface area contributed by atoms with E-state index in [1.165, 1.54) is 0 Å². The smallest absolute Gasteiger partial charge is 0.315 e. The number of urea groups is 1. The third-order valence-electron chi connectivity index (χ3n) is 4.95. The Bertz CT molecular complexity index is 514. The van der Waals surface area contributed by atoms with Crippen LogP contribution in [-0.4, -0.2) is 49.8 Å². The Labute approximate surface area is 156 Å². The molecule has 0 spiro atoms. The maximum absolute atomic E-state index is 12.2. The molecule has 2 rings (SSSR count). The summed E-state index contributed by atoms with van der Waals surface area (Å²) in [7, 11) is 0. The van der Waals surface area contributed by atoms with Gasteiger partial charge in [-0.2, -0.15) is 0 Å². The monoisotopic (exact) mass is 367 g/mol. The SMILES string of the molecule is CCC(CC)C(CNC(=O)NCc1ccc(Cl)cc1)N1CCOCC1. The summed E-state index contributed by atoms with van der Waals surface area (Å²) in [4.78, 5) is 14.6. The van der Waals surface area contributed by atoms with Gasteiger partial charge in [0.15, 0.2) is 0 Å². The normalized spacial score (nSPS) is 16.6. The molecule has 1 atom stereocenters. The van der Waals surface area contributed by atoms with Gasteiger partial charge >= 0.3 is 6.03 Å². The number of carbonyl (C=O) groups is 1. The number of ether oxygens (including phenoxy) is 1. The van der Waals surface area contributed by atoms with Crippen molar-refractivity contribution in [2.75, 3.05) is 32.8 Å². The van der Waals surface area contributed by atoms with Crippen LogP contribution in [0.5, 0.6) is 0 Å². The molecule has 1 unspecified atom stereocenters. The number of rotatable bonds is 8. The van der Waals surface area contributed by atoms with E-state index in [0.29, 0.717) is 30.1 Å². The number of carbonyl (C=O) groups excluding carboxylic acids is 1. The van der Waals surface area contributed by atoms with E-state index < -0.39 is 0 Å². The molecule has 2 amide bonds. The van der Waals surface area contributed by atoms with Crippen LogP contribution >= 0.6 is 11.6 Å². The van der Waals surface area contributed by atoms with Crippen molar-refractivity contribution in [2.45, 2.75) is 39.3 Å². The Morgan fingerprint density at radius 2 is 1.80 bits per heavy atom. The molecule has 25 heavy (non-hydrogen) atoms. The Morgan fingerprint density at radius 1 is 1.16 bits per heavy atom. The number of nitrogens with one attached hydrogen (secondary N) is 2. The molecular formula is C19H30ClN3O2. The van der Waals surface area contributed by atoms with Gasteiger partial charge in [0.1, 0.15) is 0 Å². The fourth-order valence-electron chi connectivity index (χ4n) is 3.38. The zero-order chi connectivity index (χ0) is 18.1. The number of nitrogens with zero attached hydrogens (tertiary/aromatic N) is 1. The molecule has 6 heteroatoms. The van der Waals surface area contributed by atoms with Gasteiger partial charge in [0.25, 0.3) is 0 Å². The largest absolute Gasteiger partial charge is 0.379 e. The van der Waals surface area contributed by atoms with Crippen LogP contribution in [0.4, 0.5) is 4.79 Å². The second kappa shape index (κ2) is 10.6. The van der Waals surface area contributed by atoms with E-state index in [4.69, 9.17) is 16.3 Å². The van der Waals surface area contributed by atoms with Crippen LogP contribution in [0.15, 0.2) is 24.3 Å². The van der Waals surface area contributed by atoms with E-state index >= 15 is 0 Å². The topological polar surface area (TPSA) is 53.6 Å². The van der Waals surface area contributed by atoms with Crippen molar-refractivity contribution in [3.05, 3.63) is 34.9 Å². The zero-order valence-electron chi connectivity index (χ0n) is 15.3. The second-order valence-corrected chi connectivity index (χ2v) is 6.92. The second-order valence-electron chi connectivity index (χ2n) is 6.48. The van der Waals surface area contributed by atoms with Crippen LogP contribution in [-0.2, 0) is 11.3 Å². The summed E-state index contributed by atoms with van der Waals surface area (Å²) >= 11 is 5.88. The molecule has 1 aliphatic rings. The molecule has 0 saturated carbocycles. The van der Waals surface area contributed by atoms with Crippen LogP contribution < -0.4 is 10.6 Å². The molecule has 1 fully saturated rings. The maximum Gasteiger partial charge on any atom is 0.315 e. The van der Waals surface area contributed by atoms with Gasteiger partial charge in [0, 0.05) is 37.2 Å². The molecular weight excluding hydrogens is 338 g/mol. The first-order valence-corrected chi connectivity index (χ1v) is 9.59. The Balaban J connectivity index is 1.83. The van der Waals surface area contributed by atoms with Gasteiger partial charge in [-0.05, 0) is 23.6 Å². The fourth-order valence-corrected chi connectivity index (χ4v) is 3.51. The minimum atomic E-state index is -0.126. The Morgan fingerprint density at radius 3 is 2.40 bits per heavy atom. The van der Waals surface area contributed by atoms with Crippen LogP contribution in [0.1, 0.15) is 32.3 Å². The van der Waals surface area contributed by atoms with Gasteiger partial charge in [-0.1, -0.05) is 50.4 Å². The van der Waals surface area contributed by atoms with Crippen molar-refractivity contribution < 1.29 is 9.53 Å². The zero-order valence-corrected chi connectivity index (χ0v) is 16.0. The summed E-state index contributed by atoms with van der Waals surface area (Å²) < 4.78 is 5.47. The fraction of sp³-hybridized carbons (Fsp3) is 0.632. The lowest BCUT2D eigenvalue weighted by Crippen LogP contribution is -2.53. The Kier molecular flexibility index (Phi) is 8.52. The quantitative estimate of drug-likeness (QED) is 0.741. The third-order valence-corrected chi connectivity index (χ3v) is 5.20. The van der Waals surface area contributed by atoms with E-state index in [1.54, 1.807) is 0 Å². The van der Waals surface area contributed by atoms with Crippen molar-refractivity contribution in [3.63, 3.8) is 0 Å². The van der Waals surface area contributed by atoms with Crippen LogP contribution in [0.3, 0.4) is 0 Å². The lowest BCUT2D eigenvalue weighted by atomic mass is 9.92. The number of halogens is 1. The van der Waals surface area contributed by atoms with Gasteiger partial charge in [-0.25, -0.2) is 4.79 Å². The molecule has 1 aliphatic heterocycles. The van der Waals surface area contributed by atoms with Gasteiger partial charge in [-0.3, -0.25) is 4.90 Å². The third kappa shape index (κ3) is 6.49. The van der Waals surface area contributed by atoms with E-state index in [1.807, 2.05) is 24.3 Å².